The lowest BCUT2D eigenvalue weighted by molar-refractivity contribution is -0.121. The summed E-state index contributed by atoms with van der Waals surface area (Å²) in [6.07, 6.45) is 0. The van der Waals surface area contributed by atoms with Crippen LogP contribution in [-0.2, 0) is 4.79 Å². The molecule has 0 saturated carbocycles. The van der Waals surface area contributed by atoms with Crippen molar-refractivity contribution in [2.75, 3.05) is 26.2 Å². The summed E-state index contributed by atoms with van der Waals surface area (Å²) in [7, 11) is 0. The Morgan fingerprint density at radius 1 is 1.21 bits per heavy atom. The molecule has 1 N–H and O–H groups in total. The van der Waals surface area contributed by atoms with Gasteiger partial charge in [0.05, 0.1) is 18.1 Å². The number of hydrogen-bond donors (Lipinski definition) is 1. The largest absolute Gasteiger partial charge is 0.355 e. The second-order valence-corrected chi connectivity index (χ2v) is 4.57. The van der Waals surface area contributed by atoms with Crippen molar-refractivity contribution in [3.63, 3.8) is 0 Å². The van der Waals surface area contributed by atoms with Gasteiger partial charge in [-0.15, -0.1) is 0 Å². The zero-order valence-electron chi connectivity index (χ0n) is 11.3. The van der Waals surface area contributed by atoms with Crippen LogP contribution in [0.25, 0.3) is 0 Å². The first-order valence-electron chi connectivity index (χ1n) is 6.35. The summed E-state index contributed by atoms with van der Waals surface area (Å²) in [5.41, 5.74) is 0.499. The molecular formula is C14H19ClN2O2. The molecule has 0 unspecified atom stereocenters. The molecule has 0 aliphatic rings. The van der Waals surface area contributed by atoms with E-state index in [1.807, 2.05) is 13.8 Å². The van der Waals surface area contributed by atoms with Crippen LogP contribution in [0.3, 0.4) is 0 Å². The minimum absolute atomic E-state index is 0.0725. The fourth-order valence-electron chi connectivity index (χ4n) is 1.71. The summed E-state index contributed by atoms with van der Waals surface area (Å²) in [5, 5.41) is 3.16. The maximum absolute atomic E-state index is 12.1. The lowest BCUT2D eigenvalue weighted by atomic mass is 10.1. The molecule has 0 heterocycles. The van der Waals surface area contributed by atoms with Gasteiger partial charge in [0, 0.05) is 12.1 Å². The summed E-state index contributed by atoms with van der Waals surface area (Å²) < 4.78 is 0. The number of carbonyl (C=O) groups is 2. The van der Waals surface area contributed by atoms with Gasteiger partial charge in [0.2, 0.25) is 5.91 Å². The first kappa shape index (κ1) is 15.7. The molecule has 0 aliphatic carbocycles. The number of hydrogen-bond acceptors (Lipinski definition) is 3. The Hall–Kier alpha value is -1.39. The fraction of sp³-hybridized carbons (Fsp3) is 0.429. The van der Waals surface area contributed by atoms with Crippen molar-refractivity contribution in [2.24, 2.45) is 0 Å². The fourth-order valence-corrected chi connectivity index (χ4v) is 1.95. The van der Waals surface area contributed by atoms with Gasteiger partial charge < -0.3 is 5.32 Å². The average Bonchev–Trinajstić information content (AvgIpc) is 2.38. The Balaban J connectivity index is 2.63. The molecule has 0 spiro atoms. The van der Waals surface area contributed by atoms with Crippen molar-refractivity contribution in [1.29, 1.82) is 0 Å². The zero-order chi connectivity index (χ0) is 14.3. The van der Waals surface area contributed by atoms with Crippen molar-refractivity contribution < 1.29 is 9.59 Å². The Bertz CT molecular complexity index is 449. The van der Waals surface area contributed by atoms with E-state index in [-0.39, 0.29) is 24.8 Å². The molecule has 5 heteroatoms. The van der Waals surface area contributed by atoms with Crippen LogP contribution >= 0.6 is 11.6 Å². The van der Waals surface area contributed by atoms with E-state index >= 15 is 0 Å². The van der Waals surface area contributed by atoms with Crippen molar-refractivity contribution in [2.45, 2.75) is 13.8 Å². The van der Waals surface area contributed by atoms with Gasteiger partial charge >= 0.3 is 0 Å². The highest BCUT2D eigenvalue weighted by molar-refractivity contribution is 6.34. The van der Waals surface area contributed by atoms with Crippen molar-refractivity contribution in [1.82, 2.24) is 10.2 Å². The molecule has 104 valence electrons. The number of carbonyl (C=O) groups excluding carboxylic acids is 2. The highest BCUT2D eigenvalue weighted by Crippen LogP contribution is 2.15. The molecule has 0 aliphatic heterocycles. The summed E-state index contributed by atoms with van der Waals surface area (Å²) in [6.45, 7) is 5.42. The molecule has 0 aromatic heterocycles. The number of nitrogens with zero attached hydrogens (tertiary/aromatic N) is 1. The van der Waals surface area contributed by atoms with Crippen molar-refractivity contribution >= 4 is 23.3 Å². The van der Waals surface area contributed by atoms with E-state index in [1.54, 1.807) is 29.2 Å². The third kappa shape index (κ3) is 5.01. The van der Waals surface area contributed by atoms with E-state index in [9.17, 15) is 9.59 Å². The second-order valence-electron chi connectivity index (χ2n) is 4.16. The molecule has 1 amide bonds. The lowest BCUT2D eigenvalue weighted by Gasteiger charge is -2.19. The smallest absolute Gasteiger partial charge is 0.234 e. The molecule has 0 atom stereocenters. The standard InChI is InChI=1S/C14H19ClN2O2/c1-3-16-14(19)10-17(4-2)9-13(18)11-7-5-6-8-12(11)15/h5-8H,3-4,9-10H2,1-2H3,(H,16,19). The molecule has 1 rings (SSSR count). The van der Waals surface area contributed by atoms with Crippen LogP contribution in [-0.4, -0.2) is 42.8 Å². The maximum atomic E-state index is 12.1. The van der Waals surface area contributed by atoms with E-state index in [2.05, 4.69) is 5.32 Å². The van der Waals surface area contributed by atoms with Gasteiger partial charge in [-0.05, 0) is 25.6 Å². The number of amides is 1. The number of halogens is 1. The van der Waals surface area contributed by atoms with Crippen LogP contribution in [0, 0.1) is 0 Å². The summed E-state index contributed by atoms with van der Waals surface area (Å²) in [6, 6.07) is 6.95. The quantitative estimate of drug-likeness (QED) is 0.778. The number of likely N-dealkylation sites (N-methyl/N-ethyl adjacent to an activating group) is 2. The van der Waals surface area contributed by atoms with Crippen LogP contribution in [0.1, 0.15) is 24.2 Å². The Morgan fingerprint density at radius 2 is 1.89 bits per heavy atom. The van der Waals surface area contributed by atoms with Gasteiger partial charge in [-0.1, -0.05) is 30.7 Å². The summed E-state index contributed by atoms with van der Waals surface area (Å²) in [5.74, 6) is -0.145. The molecule has 4 nitrogen and oxygen atoms in total. The molecule has 0 bridgehead atoms. The molecule has 0 fully saturated rings. The van der Waals surface area contributed by atoms with Gasteiger partial charge in [-0.3, -0.25) is 14.5 Å². The average molecular weight is 283 g/mol. The minimum atomic E-state index is -0.0729. The van der Waals surface area contributed by atoms with Gasteiger partial charge in [-0.2, -0.15) is 0 Å². The highest BCUT2D eigenvalue weighted by atomic mass is 35.5. The molecular weight excluding hydrogens is 264 g/mol. The topological polar surface area (TPSA) is 49.4 Å². The van der Waals surface area contributed by atoms with Crippen molar-refractivity contribution in [3.8, 4) is 0 Å². The van der Waals surface area contributed by atoms with E-state index in [1.165, 1.54) is 0 Å². The van der Waals surface area contributed by atoms with Crippen LogP contribution in [0.2, 0.25) is 5.02 Å². The van der Waals surface area contributed by atoms with Crippen LogP contribution in [0.5, 0.6) is 0 Å². The number of rotatable bonds is 7. The Labute approximate surface area is 118 Å². The van der Waals surface area contributed by atoms with Gasteiger partial charge in [0.25, 0.3) is 0 Å². The highest BCUT2D eigenvalue weighted by Gasteiger charge is 2.15. The second kappa shape index (κ2) is 7.92. The Morgan fingerprint density at radius 3 is 2.47 bits per heavy atom. The van der Waals surface area contributed by atoms with Crippen molar-refractivity contribution in [3.05, 3.63) is 34.9 Å². The monoisotopic (exact) mass is 282 g/mol. The summed E-state index contributed by atoms with van der Waals surface area (Å²) >= 11 is 5.98. The lowest BCUT2D eigenvalue weighted by Crippen LogP contribution is -2.39. The third-order valence-electron chi connectivity index (χ3n) is 2.73. The molecule has 0 radical (unpaired) electrons. The van der Waals surface area contributed by atoms with Crippen LogP contribution in [0.15, 0.2) is 24.3 Å². The maximum Gasteiger partial charge on any atom is 0.234 e. The van der Waals surface area contributed by atoms with E-state index in [0.717, 1.165) is 0 Å². The van der Waals surface area contributed by atoms with E-state index < -0.39 is 0 Å². The molecule has 19 heavy (non-hydrogen) atoms. The van der Waals surface area contributed by atoms with Gasteiger partial charge in [-0.25, -0.2) is 0 Å². The normalized spacial score (nSPS) is 10.5. The molecule has 1 aromatic carbocycles. The number of benzene rings is 1. The summed E-state index contributed by atoms with van der Waals surface area (Å²) in [4.78, 5) is 25.4. The third-order valence-corrected chi connectivity index (χ3v) is 3.06. The predicted molar refractivity (Wildman–Crippen MR) is 76.6 cm³/mol. The first-order chi connectivity index (χ1) is 9.08. The van der Waals surface area contributed by atoms with Crippen LogP contribution < -0.4 is 5.32 Å². The van der Waals surface area contributed by atoms with Crippen LogP contribution in [0.4, 0.5) is 0 Å². The SMILES string of the molecule is CCNC(=O)CN(CC)CC(=O)c1ccccc1Cl. The first-order valence-corrected chi connectivity index (χ1v) is 6.73. The molecule has 1 aromatic rings. The molecule has 0 saturated heterocycles. The Kier molecular flexibility index (Phi) is 6.53. The van der Waals surface area contributed by atoms with E-state index in [0.29, 0.717) is 23.7 Å². The number of nitrogens with one attached hydrogen (secondary N) is 1. The van der Waals surface area contributed by atoms with Gasteiger partial charge in [0.15, 0.2) is 5.78 Å². The van der Waals surface area contributed by atoms with Gasteiger partial charge in [0.1, 0.15) is 0 Å². The minimum Gasteiger partial charge on any atom is -0.355 e. The number of ketones is 1. The zero-order valence-corrected chi connectivity index (χ0v) is 12.0. The van der Waals surface area contributed by atoms with E-state index in [4.69, 9.17) is 11.6 Å². The number of Topliss-reactive ketones (excluding diaryl/α,β-unsaturated/α-hetero) is 1. The predicted octanol–water partition coefficient (Wildman–Crippen LogP) is 1.98.